The fourth-order valence-electron chi connectivity index (χ4n) is 4.35. The maximum Gasteiger partial charge on any atom is 0.238 e. The lowest BCUT2D eigenvalue weighted by Gasteiger charge is -2.27. The Bertz CT molecular complexity index is 1630. The third-order valence-electron chi connectivity index (χ3n) is 6.19. The molecule has 12 heteroatoms. The second-order valence-corrected chi connectivity index (χ2v) is 10.3. The molecule has 2 aromatic carbocycles. The number of nitrogens with one attached hydrogen (secondary N) is 2. The van der Waals surface area contributed by atoms with E-state index in [0.29, 0.717) is 31.1 Å². The van der Waals surface area contributed by atoms with Crippen molar-refractivity contribution in [3.05, 3.63) is 71.2 Å². The van der Waals surface area contributed by atoms with Crippen LogP contribution in [-0.4, -0.2) is 48.4 Å². The molecule has 192 valence electrons. The van der Waals surface area contributed by atoms with Crippen LogP contribution >= 0.6 is 0 Å². The standard InChI is InChI=1S/C25H23F2N5O4S/c1-2-3-13-4-7-19(37(28,34)35)16(8-13)15-5-6-18(26)21(22(15)27)23(33)17-9-29-24-20(17)25(31-12-30-24)32-14-10-36-11-14/h4-9,12,14H,2-3,10-11H2,1H3,(H2,28,34,35)(H2,29,30,31,32). The van der Waals surface area contributed by atoms with Crippen molar-refractivity contribution in [1.29, 1.82) is 0 Å². The Morgan fingerprint density at radius 2 is 1.97 bits per heavy atom. The van der Waals surface area contributed by atoms with E-state index in [0.717, 1.165) is 24.1 Å². The van der Waals surface area contributed by atoms with E-state index in [2.05, 4.69) is 20.3 Å². The minimum absolute atomic E-state index is 0.0280. The number of primary sulfonamides is 1. The van der Waals surface area contributed by atoms with Gasteiger partial charge < -0.3 is 15.0 Å². The molecule has 0 aliphatic carbocycles. The monoisotopic (exact) mass is 527 g/mol. The molecule has 0 amide bonds. The van der Waals surface area contributed by atoms with Crippen LogP contribution in [0.15, 0.2) is 47.8 Å². The summed E-state index contributed by atoms with van der Waals surface area (Å²) in [7, 11) is -4.24. The average molecular weight is 528 g/mol. The molecule has 37 heavy (non-hydrogen) atoms. The molecule has 9 nitrogen and oxygen atoms in total. The zero-order valence-electron chi connectivity index (χ0n) is 19.7. The maximum absolute atomic E-state index is 16.0. The second-order valence-electron chi connectivity index (χ2n) is 8.77. The topological polar surface area (TPSA) is 140 Å². The van der Waals surface area contributed by atoms with Gasteiger partial charge in [-0.15, -0.1) is 0 Å². The molecule has 4 aromatic rings. The molecule has 1 aliphatic rings. The molecule has 5 rings (SSSR count). The number of halogens is 2. The van der Waals surface area contributed by atoms with Gasteiger partial charge in [0.2, 0.25) is 15.8 Å². The number of sulfonamides is 1. The van der Waals surface area contributed by atoms with Gasteiger partial charge in [-0.05, 0) is 36.2 Å². The number of carbonyl (C=O) groups is 1. The third kappa shape index (κ3) is 4.59. The highest BCUT2D eigenvalue weighted by atomic mass is 32.2. The molecule has 0 unspecified atom stereocenters. The summed E-state index contributed by atoms with van der Waals surface area (Å²) in [6.07, 6.45) is 3.97. The summed E-state index contributed by atoms with van der Waals surface area (Å²) >= 11 is 0. The largest absolute Gasteiger partial charge is 0.377 e. The van der Waals surface area contributed by atoms with Gasteiger partial charge >= 0.3 is 0 Å². The van der Waals surface area contributed by atoms with E-state index in [1.165, 1.54) is 24.7 Å². The Morgan fingerprint density at radius 1 is 1.19 bits per heavy atom. The molecule has 0 bridgehead atoms. The van der Waals surface area contributed by atoms with Crippen molar-refractivity contribution in [2.24, 2.45) is 5.14 Å². The predicted molar refractivity (Wildman–Crippen MR) is 133 cm³/mol. The fourth-order valence-corrected chi connectivity index (χ4v) is 5.08. The van der Waals surface area contributed by atoms with E-state index in [4.69, 9.17) is 9.88 Å². The first-order chi connectivity index (χ1) is 17.7. The Balaban J connectivity index is 1.66. The van der Waals surface area contributed by atoms with Crippen molar-refractivity contribution in [3.8, 4) is 11.1 Å². The van der Waals surface area contributed by atoms with Crippen molar-refractivity contribution in [1.82, 2.24) is 15.0 Å². The first-order valence-corrected chi connectivity index (χ1v) is 13.1. The molecule has 0 radical (unpaired) electrons. The van der Waals surface area contributed by atoms with Crippen molar-refractivity contribution >= 4 is 32.7 Å². The lowest BCUT2D eigenvalue weighted by Crippen LogP contribution is -2.40. The third-order valence-corrected chi connectivity index (χ3v) is 7.16. The van der Waals surface area contributed by atoms with Crippen LogP contribution in [-0.2, 0) is 21.2 Å². The zero-order chi connectivity index (χ0) is 26.3. The lowest BCUT2D eigenvalue weighted by atomic mass is 9.95. The van der Waals surface area contributed by atoms with E-state index in [1.807, 2.05) is 6.92 Å². The quantitative estimate of drug-likeness (QED) is 0.298. The number of ketones is 1. The number of hydrogen-bond donors (Lipinski definition) is 3. The number of nitrogens with zero attached hydrogens (tertiary/aromatic N) is 2. The number of fused-ring (bicyclic) bond motifs is 1. The first kappa shape index (κ1) is 24.9. The number of aromatic amines is 1. The Morgan fingerprint density at radius 3 is 2.65 bits per heavy atom. The number of carbonyl (C=O) groups excluding carboxylic acids is 1. The lowest BCUT2D eigenvalue weighted by molar-refractivity contribution is 0.0210. The summed E-state index contributed by atoms with van der Waals surface area (Å²) in [5.41, 5.74) is -0.128. The molecule has 0 spiro atoms. The summed E-state index contributed by atoms with van der Waals surface area (Å²) in [6.45, 7) is 2.84. The van der Waals surface area contributed by atoms with Gasteiger partial charge in [0.25, 0.3) is 0 Å². The van der Waals surface area contributed by atoms with E-state index in [-0.39, 0.29) is 33.0 Å². The summed E-state index contributed by atoms with van der Waals surface area (Å²) in [5, 5.41) is 8.81. The van der Waals surface area contributed by atoms with Gasteiger partial charge in [0.1, 0.15) is 29.4 Å². The van der Waals surface area contributed by atoms with Crippen molar-refractivity contribution < 1.29 is 26.7 Å². The molecule has 1 saturated heterocycles. The maximum atomic E-state index is 16.0. The molecule has 3 heterocycles. The highest BCUT2D eigenvalue weighted by Gasteiger charge is 2.29. The van der Waals surface area contributed by atoms with E-state index in [9.17, 15) is 13.2 Å². The van der Waals surface area contributed by atoms with Crippen LogP contribution in [0.3, 0.4) is 0 Å². The van der Waals surface area contributed by atoms with Gasteiger partial charge in [0, 0.05) is 17.3 Å². The highest BCUT2D eigenvalue weighted by molar-refractivity contribution is 7.89. The Labute approximate surface area is 211 Å². The number of aryl methyl sites for hydroxylation is 1. The molecule has 0 atom stereocenters. The van der Waals surface area contributed by atoms with Gasteiger partial charge in [-0.25, -0.2) is 32.3 Å². The van der Waals surface area contributed by atoms with Crippen LogP contribution in [0.4, 0.5) is 14.6 Å². The summed E-state index contributed by atoms with van der Waals surface area (Å²) < 4.78 is 60.7. The number of hydrogen-bond acceptors (Lipinski definition) is 7. The SMILES string of the molecule is CCCc1ccc(S(N)(=O)=O)c(-c2ccc(F)c(C(=O)c3c[nH]c4ncnc(NC5COC5)c34)c2F)c1. The zero-order valence-corrected chi connectivity index (χ0v) is 20.5. The van der Waals surface area contributed by atoms with Crippen LogP contribution in [0.5, 0.6) is 0 Å². The van der Waals surface area contributed by atoms with Crippen LogP contribution < -0.4 is 10.5 Å². The predicted octanol–water partition coefficient (Wildman–Crippen LogP) is 3.54. The van der Waals surface area contributed by atoms with Crippen molar-refractivity contribution in [2.75, 3.05) is 18.5 Å². The molecule has 2 aromatic heterocycles. The summed E-state index contributed by atoms with van der Waals surface area (Å²) in [6, 6.07) is 6.38. The number of rotatable bonds is 8. The van der Waals surface area contributed by atoms with Crippen molar-refractivity contribution in [3.63, 3.8) is 0 Å². The Hall–Kier alpha value is -3.74. The highest BCUT2D eigenvalue weighted by Crippen LogP contribution is 2.35. The smallest absolute Gasteiger partial charge is 0.238 e. The van der Waals surface area contributed by atoms with Gasteiger partial charge in [0.15, 0.2) is 0 Å². The van der Waals surface area contributed by atoms with Crippen LogP contribution in [0.2, 0.25) is 0 Å². The van der Waals surface area contributed by atoms with Crippen molar-refractivity contribution in [2.45, 2.75) is 30.7 Å². The average Bonchev–Trinajstić information content (AvgIpc) is 3.26. The first-order valence-electron chi connectivity index (χ1n) is 11.5. The van der Waals surface area contributed by atoms with E-state index >= 15 is 8.78 Å². The van der Waals surface area contributed by atoms with Gasteiger partial charge in [-0.1, -0.05) is 19.4 Å². The van der Waals surface area contributed by atoms with E-state index < -0.39 is 33.0 Å². The normalized spacial score (nSPS) is 14.1. The molecular formula is C25H23F2N5O4S. The van der Waals surface area contributed by atoms with Gasteiger partial charge in [0.05, 0.1) is 40.7 Å². The fraction of sp³-hybridized carbons (Fsp3) is 0.240. The second kappa shape index (κ2) is 9.61. The minimum Gasteiger partial charge on any atom is -0.377 e. The number of H-pyrrole nitrogens is 1. The summed E-state index contributed by atoms with van der Waals surface area (Å²) in [5.74, 6) is -2.92. The minimum atomic E-state index is -4.24. The van der Waals surface area contributed by atoms with Gasteiger partial charge in [-0.3, -0.25) is 4.79 Å². The number of nitrogens with two attached hydrogens (primary N) is 1. The molecular weight excluding hydrogens is 504 g/mol. The van der Waals surface area contributed by atoms with Gasteiger partial charge in [-0.2, -0.15) is 0 Å². The number of ether oxygens (including phenoxy) is 1. The Kier molecular flexibility index (Phi) is 6.48. The molecule has 4 N–H and O–H groups in total. The van der Waals surface area contributed by atoms with Crippen LogP contribution in [0, 0.1) is 11.6 Å². The number of anilines is 1. The number of benzene rings is 2. The number of aromatic nitrogens is 3. The van der Waals surface area contributed by atoms with Crippen LogP contribution in [0.1, 0.15) is 34.8 Å². The molecule has 0 saturated carbocycles. The van der Waals surface area contributed by atoms with E-state index in [1.54, 1.807) is 6.07 Å². The molecule has 1 aliphatic heterocycles. The van der Waals surface area contributed by atoms with Crippen LogP contribution in [0.25, 0.3) is 22.2 Å². The molecule has 1 fully saturated rings. The summed E-state index contributed by atoms with van der Waals surface area (Å²) in [4.78, 5) is 24.4.